The van der Waals surface area contributed by atoms with E-state index in [9.17, 15) is 26.4 Å². The third kappa shape index (κ3) is 5.05. The maximum absolute atomic E-state index is 14.2. The van der Waals surface area contributed by atoms with Gasteiger partial charge in [-0.25, -0.2) is 12.8 Å². The number of carbonyl (C=O) groups excluding carboxylic acids is 1. The first-order valence-electron chi connectivity index (χ1n) is 8.51. The van der Waals surface area contributed by atoms with Gasteiger partial charge in [-0.15, -0.1) is 0 Å². The lowest BCUT2D eigenvalue weighted by molar-refractivity contribution is -0.0498. The molecule has 0 atom stereocenters. The molecule has 1 aliphatic heterocycles. The van der Waals surface area contributed by atoms with Crippen LogP contribution in [0.4, 0.5) is 18.9 Å². The summed E-state index contributed by atoms with van der Waals surface area (Å²) in [5, 5.41) is 2.48. The molecule has 2 aromatic carbocycles. The van der Waals surface area contributed by atoms with E-state index in [0.29, 0.717) is 0 Å². The maximum Gasteiger partial charge on any atom is 0.387 e. The van der Waals surface area contributed by atoms with Crippen LogP contribution in [-0.4, -0.2) is 51.5 Å². The van der Waals surface area contributed by atoms with Gasteiger partial charge in [-0.05, 0) is 42.5 Å². The molecule has 2 aromatic rings. The number of hydrogen-bond donors (Lipinski definition) is 1. The molecule has 0 saturated carbocycles. The number of amides is 1. The number of rotatable bonds is 6. The number of morpholine rings is 1. The Kier molecular flexibility index (Phi) is 6.40. The van der Waals surface area contributed by atoms with E-state index in [2.05, 4.69) is 10.1 Å². The number of benzene rings is 2. The molecule has 0 aromatic heterocycles. The Morgan fingerprint density at radius 2 is 1.76 bits per heavy atom. The highest BCUT2D eigenvalue weighted by Gasteiger charge is 2.29. The summed E-state index contributed by atoms with van der Waals surface area (Å²) in [6.45, 7) is -2.39. The summed E-state index contributed by atoms with van der Waals surface area (Å²) in [6, 6.07) is 8.17. The first kappa shape index (κ1) is 21.1. The Morgan fingerprint density at radius 1 is 1.10 bits per heavy atom. The molecule has 0 unspecified atom stereocenters. The summed E-state index contributed by atoms with van der Waals surface area (Å²) in [6.07, 6.45) is 0. The third-order valence-corrected chi connectivity index (χ3v) is 6.03. The number of sulfonamides is 1. The molecule has 1 aliphatic rings. The fraction of sp³-hybridized carbons (Fsp3) is 0.278. The summed E-state index contributed by atoms with van der Waals surface area (Å²) >= 11 is 0. The van der Waals surface area contributed by atoms with Gasteiger partial charge in [0.05, 0.1) is 13.2 Å². The first-order valence-corrected chi connectivity index (χ1v) is 9.95. The molecular weight excluding hydrogens is 413 g/mol. The van der Waals surface area contributed by atoms with Gasteiger partial charge < -0.3 is 14.8 Å². The number of alkyl halides is 2. The van der Waals surface area contributed by atoms with Crippen LogP contribution in [0.15, 0.2) is 47.4 Å². The van der Waals surface area contributed by atoms with Crippen LogP contribution in [0.25, 0.3) is 0 Å². The minimum absolute atomic E-state index is 0.0776. The van der Waals surface area contributed by atoms with E-state index in [1.807, 2.05) is 0 Å². The molecule has 0 radical (unpaired) electrons. The van der Waals surface area contributed by atoms with E-state index >= 15 is 0 Å². The first-order chi connectivity index (χ1) is 13.8. The molecule has 7 nitrogen and oxygen atoms in total. The van der Waals surface area contributed by atoms with Gasteiger partial charge in [0, 0.05) is 24.3 Å². The molecule has 1 saturated heterocycles. The fourth-order valence-electron chi connectivity index (χ4n) is 2.69. The van der Waals surface area contributed by atoms with E-state index in [-0.39, 0.29) is 43.3 Å². The van der Waals surface area contributed by atoms with E-state index in [1.165, 1.54) is 24.3 Å². The zero-order valence-corrected chi connectivity index (χ0v) is 15.8. The second-order valence-electron chi connectivity index (χ2n) is 6.02. The SMILES string of the molecule is O=C(Nc1ccc(OC(F)F)cc1)c1ccc(F)c(S(=O)(=O)N2CCOCC2)c1. The molecule has 156 valence electrons. The smallest absolute Gasteiger partial charge is 0.387 e. The number of carbonyl (C=O) groups is 1. The summed E-state index contributed by atoms with van der Waals surface area (Å²) in [4.78, 5) is 11.8. The highest BCUT2D eigenvalue weighted by atomic mass is 32.2. The molecule has 1 amide bonds. The molecule has 11 heteroatoms. The van der Waals surface area contributed by atoms with Crippen molar-refractivity contribution in [1.29, 1.82) is 0 Å². The highest BCUT2D eigenvalue weighted by Crippen LogP contribution is 2.23. The predicted octanol–water partition coefficient (Wildman–Crippen LogP) is 2.70. The standard InChI is InChI=1S/C18H17F3N2O5S/c19-15-6-1-12(11-16(15)29(25,26)23-7-9-27-10-8-23)17(24)22-13-2-4-14(5-3-13)28-18(20)21/h1-6,11,18H,7-10H2,(H,22,24). The Bertz CT molecular complexity index is 977. The minimum atomic E-state index is -4.13. The van der Waals surface area contributed by atoms with Crippen LogP contribution in [0.5, 0.6) is 5.75 Å². The summed E-state index contributed by atoms with van der Waals surface area (Å²) in [5.41, 5.74) is 0.185. The Balaban J connectivity index is 1.79. The number of anilines is 1. The van der Waals surface area contributed by atoms with Gasteiger partial charge in [0.25, 0.3) is 5.91 Å². The second kappa shape index (κ2) is 8.80. The van der Waals surface area contributed by atoms with Crippen molar-refractivity contribution < 1.29 is 35.9 Å². The predicted molar refractivity (Wildman–Crippen MR) is 97.0 cm³/mol. The highest BCUT2D eigenvalue weighted by molar-refractivity contribution is 7.89. The molecule has 1 N–H and O–H groups in total. The van der Waals surface area contributed by atoms with Crippen molar-refractivity contribution in [3.63, 3.8) is 0 Å². The average Bonchev–Trinajstić information content (AvgIpc) is 2.70. The van der Waals surface area contributed by atoms with Crippen molar-refractivity contribution in [2.45, 2.75) is 11.5 Å². The summed E-state index contributed by atoms with van der Waals surface area (Å²) in [7, 11) is -4.13. The number of ether oxygens (including phenoxy) is 2. The van der Waals surface area contributed by atoms with Crippen LogP contribution >= 0.6 is 0 Å². The molecule has 29 heavy (non-hydrogen) atoms. The third-order valence-electron chi connectivity index (χ3n) is 4.12. The molecular formula is C18H17F3N2O5S. The Labute approximate surface area is 165 Å². The van der Waals surface area contributed by atoms with Crippen molar-refractivity contribution in [2.75, 3.05) is 31.6 Å². The van der Waals surface area contributed by atoms with Crippen LogP contribution in [0.1, 0.15) is 10.4 Å². The van der Waals surface area contributed by atoms with Crippen LogP contribution in [0.2, 0.25) is 0 Å². The van der Waals surface area contributed by atoms with Crippen LogP contribution in [0.3, 0.4) is 0 Å². The average molecular weight is 430 g/mol. The van der Waals surface area contributed by atoms with Crippen LogP contribution < -0.4 is 10.1 Å². The van der Waals surface area contributed by atoms with E-state index in [0.717, 1.165) is 22.5 Å². The zero-order chi connectivity index (χ0) is 21.0. The number of nitrogens with zero attached hydrogens (tertiary/aromatic N) is 1. The van der Waals surface area contributed by atoms with Gasteiger partial charge in [-0.1, -0.05) is 0 Å². The van der Waals surface area contributed by atoms with Crippen LogP contribution in [-0.2, 0) is 14.8 Å². The molecule has 1 fully saturated rings. The van der Waals surface area contributed by atoms with Gasteiger partial charge >= 0.3 is 6.61 Å². The Morgan fingerprint density at radius 3 is 2.38 bits per heavy atom. The topological polar surface area (TPSA) is 84.9 Å². The van der Waals surface area contributed by atoms with Crippen molar-refractivity contribution in [3.05, 3.63) is 53.8 Å². The summed E-state index contributed by atoms with van der Waals surface area (Å²) < 4.78 is 74.4. The van der Waals surface area contributed by atoms with E-state index in [4.69, 9.17) is 4.74 Å². The lowest BCUT2D eigenvalue weighted by atomic mass is 10.2. The fourth-order valence-corrected chi connectivity index (χ4v) is 4.19. The summed E-state index contributed by atoms with van der Waals surface area (Å²) in [5.74, 6) is -1.74. The minimum Gasteiger partial charge on any atom is -0.435 e. The van der Waals surface area contributed by atoms with Crippen LogP contribution in [0, 0.1) is 5.82 Å². The molecule has 1 heterocycles. The van der Waals surface area contributed by atoms with Crippen molar-refractivity contribution >= 4 is 21.6 Å². The van der Waals surface area contributed by atoms with Crippen molar-refractivity contribution in [1.82, 2.24) is 4.31 Å². The quantitative estimate of drug-likeness (QED) is 0.762. The van der Waals surface area contributed by atoms with E-state index < -0.39 is 33.3 Å². The number of halogens is 3. The van der Waals surface area contributed by atoms with Gasteiger partial charge in [0.1, 0.15) is 16.5 Å². The van der Waals surface area contributed by atoms with Crippen molar-refractivity contribution in [3.8, 4) is 5.75 Å². The monoisotopic (exact) mass is 430 g/mol. The Hall–Kier alpha value is -2.63. The maximum atomic E-state index is 14.2. The van der Waals surface area contributed by atoms with Gasteiger partial charge in [-0.2, -0.15) is 13.1 Å². The lowest BCUT2D eigenvalue weighted by Gasteiger charge is -2.26. The van der Waals surface area contributed by atoms with Crippen molar-refractivity contribution in [2.24, 2.45) is 0 Å². The zero-order valence-electron chi connectivity index (χ0n) is 15.0. The number of hydrogen-bond acceptors (Lipinski definition) is 5. The molecule has 0 aliphatic carbocycles. The van der Waals surface area contributed by atoms with Gasteiger partial charge in [-0.3, -0.25) is 4.79 Å². The number of nitrogens with one attached hydrogen (secondary N) is 1. The normalized spacial score (nSPS) is 15.3. The van der Waals surface area contributed by atoms with E-state index in [1.54, 1.807) is 0 Å². The van der Waals surface area contributed by atoms with Gasteiger partial charge in [0.15, 0.2) is 0 Å². The van der Waals surface area contributed by atoms with Gasteiger partial charge in [0.2, 0.25) is 10.0 Å². The molecule has 3 rings (SSSR count). The largest absolute Gasteiger partial charge is 0.435 e. The second-order valence-corrected chi connectivity index (χ2v) is 7.93. The molecule has 0 spiro atoms. The molecule has 0 bridgehead atoms. The lowest BCUT2D eigenvalue weighted by Crippen LogP contribution is -2.41.